The summed E-state index contributed by atoms with van der Waals surface area (Å²) in [6.45, 7) is 4.81. The van der Waals surface area contributed by atoms with Crippen LogP contribution in [0.1, 0.15) is 38.4 Å². The van der Waals surface area contributed by atoms with Crippen molar-refractivity contribution in [2.75, 3.05) is 0 Å². The van der Waals surface area contributed by atoms with E-state index in [1.807, 2.05) is 0 Å². The van der Waals surface area contributed by atoms with E-state index in [9.17, 15) is 34.5 Å². The van der Waals surface area contributed by atoms with E-state index in [2.05, 4.69) is 25.9 Å². The van der Waals surface area contributed by atoms with Gasteiger partial charge in [0.2, 0.25) is 17.7 Å². The third-order valence-electron chi connectivity index (χ3n) is 6.18. The van der Waals surface area contributed by atoms with E-state index in [-0.39, 0.29) is 18.6 Å². The van der Waals surface area contributed by atoms with Gasteiger partial charge in [0.1, 0.15) is 23.9 Å². The van der Waals surface area contributed by atoms with Gasteiger partial charge in [-0.25, -0.2) is 9.78 Å². The lowest BCUT2D eigenvalue weighted by atomic mass is 9.96. The summed E-state index contributed by atoms with van der Waals surface area (Å²) in [6.07, 6.45) is 2.04. The number of carbonyl (C=O) groups excluding carboxylic acids is 3. The number of carbonyl (C=O) groups is 4. The molecule has 0 saturated heterocycles. The maximum atomic E-state index is 13.1. The number of aliphatic hydroxyl groups is 1. The van der Waals surface area contributed by atoms with Crippen LogP contribution in [0.5, 0.6) is 5.75 Å². The summed E-state index contributed by atoms with van der Waals surface area (Å²) in [6, 6.07) is 1.22. The summed E-state index contributed by atoms with van der Waals surface area (Å²) in [5, 5.41) is 36.6. The van der Waals surface area contributed by atoms with Crippen molar-refractivity contribution in [2.24, 2.45) is 11.7 Å². The van der Waals surface area contributed by atoms with Gasteiger partial charge in [-0.15, -0.1) is 0 Å². The number of nitrogens with two attached hydrogens (primary N) is 1. The maximum Gasteiger partial charge on any atom is 0.326 e. The molecule has 1 aromatic heterocycles. The van der Waals surface area contributed by atoms with Gasteiger partial charge in [-0.05, 0) is 37.0 Å². The van der Waals surface area contributed by atoms with Gasteiger partial charge in [0.25, 0.3) is 0 Å². The van der Waals surface area contributed by atoms with Crippen LogP contribution in [-0.2, 0) is 32.0 Å². The molecule has 3 amide bonds. The molecule has 0 spiro atoms. The minimum Gasteiger partial charge on any atom is -0.508 e. The fourth-order valence-corrected chi connectivity index (χ4v) is 3.67. The summed E-state index contributed by atoms with van der Waals surface area (Å²) in [4.78, 5) is 57.2. The highest BCUT2D eigenvalue weighted by atomic mass is 16.4. The maximum absolute atomic E-state index is 13.1. The van der Waals surface area contributed by atoms with Gasteiger partial charge in [0, 0.05) is 18.3 Å². The zero-order valence-electron chi connectivity index (χ0n) is 21.5. The van der Waals surface area contributed by atoms with Crippen LogP contribution in [0.2, 0.25) is 0 Å². The number of carboxylic acids is 1. The van der Waals surface area contributed by atoms with Gasteiger partial charge in [-0.3, -0.25) is 14.4 Å². The second-order valence-corrected chi connectivity index (χ2v) is 9.26. The van der Waals surface area contributed by atoms with Crippen molar-refractivity contribution in [3.8, 4) is 5.75 Å². The Morgan fingerprint density at radius 3 is 2.11 bits per heavy atom. The third-order valence-corrected chi connectivity index (χ3v) is 6.18. The number of nitrogens with zero attached hydrogens (tertiary/aromatic N) is 1. The zero-order chi connectivity index (χ0) is 28.4. The molecule has 1 heterocycles. The van der Waals surface area contributed by atoms with Crippen LogP contribution in [-0.4, -0.2) is 79.2 Å². The van der Waals surface area contributed by atoms with Gasteiger partial charge in [0.05, 0.1) is 18.5 Å². The monoisotopic (exact) mass is 532 g/mol. The van der Waals surface area contributed by atoms with Gasteiger partial charge < -0.3 is 42.0 Å². The number of carboxylic acid groups (broad SMARTS) is 1. The summed E-state index contributed by atoms with van der Waals surface area (Å²) < 4.78 is 0. The second-order valence-electron chi connectivity index (χ2n) is 9.26. The van der Waals surface area contributed by atoms with Crippen molar-refractivity contribution in [1.29, 1.82) is 0 Å². The number of hydrogen-bond acceptors (Lipinski definition) is 8. The number of H-pyrrole nitrogens is 1. The molecule has 13 nitrogen and oxygen atoms in total. The first kappa shape index (κ1) is 30.3. The smallest absolute Gasteiger partial charge is 0.326 e. The van der Waals surface area contributed by atoms with Gasteiger partial charge in [0.15, 0.2) is 0 Å². The zero-order valence-corrected chi connectivity index (χ0v) is 21.5. The summed E-state index contributed by atoms with van der Waals surface area (Å²) >= 11 is 0. The lowest BCUT2D eigenvalue weighted by molar-refractivity contribution is -0.142. The molecule has 6 unspecified atom stereocenters. The summed E-state index contributed by atoms with van der Waals surface area (Å²) in [5.41, 5.74) is 7.16. The number of amides is 3. The highest BCUT2D eigenvalue weighted by Gasteiger charge is 2.34. The SMILES string of the molecule is CCC(C)C(NC(=O)C(NC(=O)C(N)Cc1ccc(O)cc1)C(C)O)C(=O)NC(Cc1cnc[nH]1)C(=O)O. The molecule has 0 aliphatic carbocycles. The average Bonchev–Trinajstić information content (AvgIpc) is 3.38. The van der Waals surface area contributed by atoms with Crippen LogP contribution in [0, 0.1) is 5.92 Å². The van der Waals surface area contributed by atoms with Crippen molar-refractivity contribution >= 4 is 23.7 Å². The molecule has 9 N–H and O–H groups in total. The number of aromatic hydroxyl groups is 1. The first-order valence-electron chi connectivity index (χ1n) is 12.3. The standard InChI is InChI=1S/C25H36N6O7/c1-4-13(2)20(23(35)29-19(25(37)38)10-16-11-27-12-28-16)30-24(36)21(14(3)32)31-22(34)18(26)9-15-5-7-17(33)8-6-15/h5-8,11-14,18-21,32-33H,4,9-10,26H2,1-3H3,(H,27,28)(H,29,35)(H,30,36)(H,31,34)(H,37,38). The highest BCUT2D eigenvalue weighted by molar-refractivity contribution is 5.94. The number of nitrogens with one attached hydrogen (secondary N) is 4. The summed E-state index contributed by atoms with van der Waals surface area (Å²) in [7, 11) is 0. The van der Waals surface area contributed by atoms with Crippen LogP contribution >= 0.6 is 0 Å². The molecule has 0 aliphatic rings. The molecule has 6 atom stereocenters. The summed E-state index contributed by atoms with van der Waals surface area (Å²) in [5.74, 6) is -3.85. The van der Waals surface area contributed by atoms with Gasteiger partial charge >= 0.3 is 5.97 Å². The number of hydrogen-bond donors (Lipinski definition) is 8. The van der Waals surface area contributed by atoms with E-state index in [0.717, 1.165) is 0 Å². The van der Waals surface area contributed by atoms with Crippen LogP contribution in [0.15, 0.2) is 36.8 Å². The van der Waals surface area contributed by atoms with Crippen LogP contribution in [0.3, 0.4) is 0 Å². The topological polar surface area (TPSA) is 220 Å². The molecule has 208 valence electrons. The van der Waals surface area contributed by atoms with Crippen molar-refractivity contribution in [2.45, 2.75) is 70.3 Å². The first-order valence-corrected chi connectivity index (χ1v) is 12.3. The fraction of sp³-hybridized carbons (Fsp3) is 0.480. The number of aromatic amines is 1. The van der Waals surface area contributed by atoms with Gasteiger partial charge in [-0.2, -0.15) is 0 Å². The highest BCUT2D eigenvalue weighted by Crippen LogP contribution is 2.12. The molecule has 38 heavy (non-hydrogen) atoms. The lowest BCUT2D eigenvalue weighted by Gasteiger charge is -2.29. The number of imidazole rings is 1. The van der Waals surface area contributed by atoms with E-state index in [1.54, 1.807) is 26.0 Å². The molecular formula is C25H36N6O7. The van der Waals surface area contributed by atoms with E-state index < -0.39 is 59.9 Å². The van der Waals surface area contributed by atoms with Crippen molar-refractivity contribution in [3.05, 3.63) is 48.0 Å². The number of aliphatic carboxylic acids is 1. The Morgan fingerprint density at radius 2 is 1.58 bits per heavy atom. The van der Waals surface area contributed by atoms with Crippen LogP contribution in [0.25, 0.3) is 0 Å². The largest absolute Gasteiger partial charge is 0.508 e. The number of aliphatic hydroxyl groups excluding tert-OH is 1. The molecule has 0 radical (unpaired) electrons. The van der Waals surface area contributed by atoms with E-state index in [0.29, 0.717) is 17.7 Å². The molecule has 1 aromatic carbocycles. The van der Waals surface area contributed by atoms with Crippen molar-refractivity contribution in [1.82, 2.24) is 25.9 Å². The molecule has 0 fully saturated rings. The molecule has 2 aromatic rings. The number of rotatable bonds is 14. The van der Waals surface area contributed by atoms with E-state index in [1.165, 1.54) is 31.6 Å². The molecule has 0 aliphatic heterocycles. The molecule has 13 heteroatoms. The van der Waals surface area contributed by atoms with Gasteiger partial charge in [-0.1, -0.05) is 32.4 Å². The minimum atomic E-state index is -1.42. The Morgan fingerprint density at radius 1 is 0.974 bits per heavy atom. The third kappa shape index (κ3) is 8.85. The van der Waals surface area contributed by atoms with Crippen LogP contribution in [0.4, 0.5) is 0 Å². The van der Waals surface area contributed by atoms with Crippen molar-refractivity contribution < 1.29 is 34.5 Å². The van der Waals surface area contributed by atoms with Crippen molar-refractivity contribution in [3.63, 3.8) is 0 Å². The predicted molar refractivity (Wildman–Crippen MR) is 137 cm³/mol. The molecular weight excluding hydrogens is 496 g/mol. The Balaban J connectivity index is 2.09. The first-order chi connectivity index (χ1) is 17.9. The van der Waals surface area contributed by atoms with E-state index in [4.69, 9.17) is 5.73 Å². The van der Waals surface area contributed by atoms with Crippen LogP contribution < -0.4 is 21.7 Å². The lowest BCUT2D eigenvalue weighted by Crippen LogP contribution is -2.61. The fourth-order valence-electron chi connectivity index (χ4n) is 3.67. The second kappa shape index (κ2) is 14.1. The Labute approximate surface area is 220 Å². The normalized spacial score (nSPS) is 15.8. The molecule has 2 rings (SSSR count). The number of benzene rings is 1. The average molecular weight is 533 g/mol. The minimum absolute atomic E-state index is 0.0481. The number of phenols is 1. The van der Waals surface area contributed by atoms with E-state index >= 15 is 0 Å². The Kier molecular flexibility index (Phi) is 11.2. The molecule has 0 bridgehead atoms. The number of phenolic OH excluding ortho intramolecular Hbond substituents is 1. The quantitative estimate of drug-likeness (QED) is 0.152. The Bertz CT molecular complexity index is 1070. The molecule has 0 saturated carbocycles. The Hall–Kier alpha value is -3.97. The predicted octanol–water partition coefficient (Wildman–Crippen LogP) is -0.806. The number of aromatic nitrogens is 2.